The molecule has 0 atom stereocenters. The number of non-ortho nitro benzene ring substituents is 1. The van der Waals surface area contributed by atoms with E-state index in [9.17, 15) is 18.5 Å². The Bertz CT molecular complexity index is 470. The second-order valence-corrected chi connectivity index (χ2v) is 7.52. The lowest BCUT2D eigenvalue weighted by atomic mass is 10.3. The van der Waals surface area contributed by atoms with Crippen LogP contribution in [-0.4, -0.2) is 15.7 Å². The second-order valence-electron chi connectivity index (χ2n) is 2.43. The minimum Gasteiger partial charge on any atom is -0.258 e. The Labute approximate surface area is 103 Å². The van der Waals surface area contributed by atoms with Gasteiger partial charge < -0.3 is 0 Å². The van der Waals surface area contributed by atoms with Gasteiger partial charge >= 0.3 is 0 Å². The fourth-order valence-electron chi connectivity index (χ4n) is 0.820. The molecule has 82 valence electrons. The van der Waals surface area contributed by atoms with Gasteiger partial charge in [0.25, 0.3) is 15.7 Å². The minimum atomic E-state index is -3.68. The molecule has 0 saturated carbocycles. The molecule has 0 heterocycles. The monoisotopic (exact) mass is 358 g/mol. The van der Waals surface area contributed by atoms with Crippen LogP contribution in [0.1, 0.15) is 0 Å². The molecule has 9 heteroatoms. The number of nitro groups is 1. The highest BCUT2D eigenvalue weighted by Gasteiger charge is 2.20. The summed E-state index contributed by atoms with van der Waals surface area (Å²) in [5.74, 6) is 0. The van der Waals surface area contributed by atoms with E-state index in [1.54, 1.807) is 0 Å². The van der Waals surface area contributed by atoms with Crippen molar-refractivity contribution in [3.63, 3.8) is 0 Å². The van der Waals surface area contributed by atoms with Gasteiger partial charge in [0, 0.05) is 44.4 Å². The third-order valence-corrected chi connectivity index (χ3v) is 5.05. The lowest BCUT2D eigenvalue weighted by Gasteiger charge is -2.05. The van der Waals surface area contributed by atoms with Crippen LogP contribution < -0.4 is 0 Å². The molecular weight excluding hydrogens is 356 g/mol. The molecule has 15 heavy (non-hydrogen) atoms. The van der Waals surface area contributed by atoms with Gasteiger partial charge in [0.05, 0.1) is 9.82 Å². The van der Waals surface area contributed by atoms with Gasteiger partial charge in [-0.25, -0.2) is 8.42 Å². The molecule has 0 amide bonds. The van der Waals surface area contributed by atoms with Crippen LogP contribution in [0.3, 0.4) is 0 Å². The van der Waals surface area contributed by atoms with E-state index in [2.05, 4.69) is 32.3 Å². The topological polar surface area (TPSA) is 80.5 Å². The van der Waals surface area contributed by atoms with Crippen LogP contribution in [0.25, 0.3) is 0 Å². The zero-order chi connectivity index (χ0) is 11.6. The molecular formula is C6H4Br2N2O4S. The van der Waals surface area contributed by atoms with Gasteiger partial charge in [0.15, 0.2) is 0 Å². The zero-order valence-electron chi connectivity index (χ0n) is 7.00. The normalized spacial score (nSPS) is 11.7. The summed E-state index contributed by atoms with van der Waals surface area (Å²) in [5.41, 5.74) is -0.162. The van der Waals surface area contributed by atoms with Gasteiger partial charge in [-0.2, -0.15) is 0 Å². The van der Waals surface area contributed by atoms with Crippen LogP contribution in [0, 0.1) is 10.1 Å². The Morgan fingerprint density at radius 3 is 2.00 bits per heavy atom. The fraction of sp³-hybridized carbons (Fsp3) is 0. The van der Waals surface area contributed by atoms with Crippen molar-refractivity contribution >= 4 is 48.0 Å². The summed E-state index contributed by atoms with van der Waals surface area (Å²) in [6, 6.07) is 4.55. The third kappa shape index (κ3) is 2.74. The maximum Gasteiger partial charge on any atom is 0.269 e. The largest absolute Gasteiger partial charge is 0.269 e. The highest BCUT2D eigenvalue weighted by Crippen LogP contribution is 2.23. The first-order valence-electron chi connectivity index (χ1n) is 3.47. The average molecular weight is 360 g/mol. The van der Waals surface area contributed by atoms with Crippen LogP contribution in [0.5, 0.6) is 0 Å². The Kier molecular flexibility index (Phi) is 3.82. The molecule has 0 fully saturated rings. The minimum absolute atomic E-state index is 0.0538. The first-order chi connectivity index (χ1) is 6.85. The number of hydrogen-bond acceptors (Lipinski definition) is 4. The highest BCUT2D eigenvalue weighted by molar-refractivity contribution is 9.22. The summed E-state index contributed by atoms with van der Waals surface area (Å²) >= 11 is 5.42. The molecule has 0 N–H and O–H groups in total. The maximum atomic E-state index is 11.5. The number of nitrogens with zero attached hydrogens (tertiary/aromatic N) is 2. The molecule has 0 aliphatic carbocycles. The van der Waals surface area contributed by atoms with Gasteiger partial charge in [-0.1, -0.05) is 2.36 Å². The van der Waals surface area contributed by atoms with E-state index in [-0.39, 0.29) is 10.6 Å². The van der Waals surface area contributed by atoms with Gasteiger partial charge in [0.1, 0.15) is 0 Å². The zero-order valence-corrected chi connectivity index (χ0v) is 11.0. The molecule has 0 radical (unpaired) electrons. The molecule has 1 rings (SSSR count). The summed E-state index contributed by atoms with van der Waals surface area (Å²) in [6.45, 7) is 0. The number of nitro benzene ring substituents is 1. The predicted molar refractivity (Wildman–Crippen MR) is 60.0 cm³/mol. The highest BCUT2D eigenvalue weighted by atomic mass is 79.9. The van der Waals surface area contributed by atoms with Gasteiger partial charge in [-0.05, 0) is 12.1 Å². The van der Waals surface area contributed by atoms with Crippen molar-refractivity contribution in [3.05, 3.63) is 34.4 Å². The summed E-state index contributed by atoms with van der Waals surface area (Å²) < 4.78 is 23.6. The molecule has 1 aromatic rings. The summed E-state index contributed by atoms with van der Waals surface area (Å²) in [5, 5.41) is 10.3. The van der Waals surface area contributed by atoms with Gasteiger partial charge in [0.2, 0.25) is 0 Å². The number of sulfonamides is 1. The maximum absolute atomic E-state index is 11.5. The quantitative estimate of drug-likeness (QED) is 0.470. The third-order valence-electron chi connectivity index (χ3n) is 1.53. The van der Waals surface area contributed by atoms with E-state index < -0.39 is 14.9 Å². The Hall–Kier alpha value is -0.510. The van der Waals surface area contributed by atoms with Crippen LogP contribution in [0.2, 0.25) is 0 Å². The van der Waals surface area contributed by atoms with Crippen molar-refractivity contribution in [1.29, 1.82) is 0 Å². The smallest absolute Gasteiger partial charge is 0.258 e. The van der Waals surface area contributed by atoms with Crippen molar-refractivity contribution in [2.24, 2.45) is 0 Å². The molecule has 0 aliphatic rings. The fourth-order valence-corrected chi connectivity index (χ4v) is 2.46. The lowest BCUT2D eigenvalue weighted by molar-refractivity contribution is -0.384. The number of hydrogen-bond donors (Lipinski definition) is 0. The Morgan fingerprint density at radius 2 is 1.67 bits per heavy atom. The Morgan fingerprint density at radius 1 is 1.20 bits per heavy atom. The van der Waals surface area contributed by atoms with Crippen molar-refractivity contribution in [2.45, 2.75) is 4.90 Å². The summed E-state index contributed by atoms with van der Waals surface area (Å²) in [7, 11) is -3.68. The van der Waals surface area contributed by atoms with Gasteiger partial charge in [-0.3, -0.25) is 10.1 Å². The first kappa shape index (κ1) is 12.6. The molecule has 0 saturated heterocycles. The van der Waals surface area contributed by atoms with Crippen LogP contribution in [0.4, 0.5) is 5.69 Å². The van der Waals surface area contributed by atoms with Crippen molar-refractivity contribution in [3.8, 4) is 0 Å². The number of benzene rings is 1. The van der Waals surface area contributed by atoms with E-state index in [4.69, 9.17) is 0 Å². The first-order valence-corrected chi connectivity index (χ1v) is 6.33. The molecule has 0 bridgehead atoms. The molecule has 6 nitrogen and oxygen atoms in total. The summed E-state index contributed by atoms with van der Waals surface area (Å²) in [4.78, 5) is 9.67. The van der Waals surface area contributed by atoms with Crippen molar-refractivity contribution < 1.29 is 13.3 Å². The second kappa shape index (κ2) is 4.56. The van der Waals surface area contributed by atoms with Crippen molar-refractivity contribution in [1.82, 2.24) is 2.36 Å². The standard InChI is InChI=1S/C6H4Br2N2O4S/c7-10(8)15(13,14)6-3-1-5(2-4-6)9(11)12/h1-4H. The summed E-state index contributed by atoms with van der Waals surface area (Å²) in [6.07, 6.45) is 0. The molecule has 0 spiro atoms. The van der Waals surface area contributed by atoms with Crippen LogP contribution in [0.15, 0.2) is 29.2 Å². The lowest BCUT2D eigenvalue weighted by Crippen LogP contribution is -2.11. The van der Waals surface area contributed by atoms with E-state index in [0.717, 1.165) is 24.3 Å². The average Bonchev–Trinajstić information content (AvgIpc) is 2.17. The molecule has 0 unspecified atom stereocenters. The van der Waals surface area contributed by atoms with E-state index >= 15 is 0 Å². The van der Waals surface area contributed by atoms with Crippen LogP contribution in [-0.2, 0) is 10.0 Å². The van der Waals surface area contributed by atoms with Crippen molar-refractivity contribution in [2.75, 3.05) is 0 Å². The number of halogens is 2. The molecule has 1 aromatic carbocycles. The van der Waals surface area contributed by atoms with E-state index in [0.29, 0.717) is 2.36 Å². The SMILES string of the molecule is O=[N+]([O-])c1ccc(S(=O)(=O)N(Br)Br)cc1. The number of rotatable bonds is 3. The van der Waals surface area contributed by atoms with Gasteiger partial charge in [-0.15, -0.1) is 0 Å². The molecule has 0 aliphatic heterocycles. The molecule has 0 aromatic heterocycles. The van der Waals surface area contributed by atoms with E-state index in [1.807, 2.05) is 0 Å². The van der Waals surface area contributed by atoms with Crippen LogP contribution >= 0.6 is 32.3 Å². The predicted octanol–water partition coefficient (Wildman–Crippen LogP) is 2.21. The Balaban J connectivity index is 3.15. The van der Waals surface area contributed by atoms with E-state index in [1.165, 1.54) is 0 Å².